The van der Waals surface area contributed by atoms with Crippen molar-refractivity contribution in [3.63, 3.8) is 0 Å². The second kappa shape index (κ2) is 6.15. The first-order valence-electron chi connectivity index (χ1n) is 5.60. The molecule has 0 bridgehead atoms. The van der Waals surface area contributed by atoms with Crippen molar-refractivity contribution in [1.29, 1.82) is 0 Å². The molecule has 0 saturated carbocycles. The lowest BCUT2D eigenvalue weighted by Crippen LogP contribution is -2.06. The molecule has 0 aromatic carbocycles. The molecule has 5 nitrogen and oxygen atoms in total. The van der Waals surface area contributed by atoms with E-state index in [9.17, 15) is 4.79 Å². The summed E-state index contributed by atoms with van der Waals surface area (Å²) in [6.07, 6.45) is 6.33. The Balaban J connectivity index is 2.52. The predicted molar refractivity (Wildman–Crippen MR) is 62.1 cm³/mol. The van der Waals surface area contributed by atoms with Crippen LogP contribution in [0.15, 0.2) is 6.20 Å². The van der Waals surface area contributed by atoms with E-state index in [0.29, 0.717) is 5.69 Å². The van der Waals surface area contributed by atoms with Crippen molar-refractivity contribution in [2.75, 3.05) is 12.8 Å². The Hall–Kier alpha value is -1.52. The Kier molecular flexibility index (Phi) is 4.82. The molecule has 0 amide bonds. The molecule has 0 unspecified atom stereocenters. The van der Waals surface area contributed by atoms with Crippen LogP contribution < -0.4 is 5.73 Å². The van der Waals surface area contributed by atoms with E-state index in [1.54, 1.807) is 10.9 Å². The first kappa shape index (κ1) is 12.5. The number of hydrogen-bond donors (Lipinski definition) is 1. The standard InChI is InChI=1S/C11H19N3O2/c1-3-4-5-6-7-14-8-9(12)10(13-14)11(15)16-2/h8H,3-7,12H2,1-2H3. The van der Waals surface area contributed by atoms with Gasteiger partial charge in [0.15, 0.2) is 5.69 Å². The van der Waals surface area contributed by atoms with E-state index in [1.807, 2.05) is 0 Å². The summed E-state index contributed by atoms with van der Waals surface area (Å²) in [4.78, 5) is 11.2. The van der Waals surface area contributed by atoms with Gasteiger partial charge in [-0.05, 0) is 6.42 Å². The topological polar surface area (TPSA) is 70.1 Å². The van der Waals surface area contributed by atoms with Gasteiger partial charge in [-0.2, -0.15) is 5.10 Å². The van der Waals surface area contributed by atoms with Gasteiger partial charge in [-0.1, -0.05) is 26.2 Å². The van der Waals surface area contributed by atoms with Crippen LogP contribution in [0.3, 0.4) is 0 Å². The minimum Gasteiger partial charge on any atom is -0.464 e. The van der Waals surface area contributed by atoms with Gasteiger partial charge in [0.1, 0.15) is 0 Å². The number of hydrogen-bond acceptors (Lipinski definition) is 4. The fourth-order valence-electron chi connectivity index (χ4n) is 1.51. The Morgan fingerprint density at radius 2 is 2.25 bits per heavy atom. The molecule has 0 spiro atoms. The number of aromatic nitrogens is 2. The summed E-state index contributed by atoms with van der Waals surface area (Å²) in [5, 5.41) is 4.10. The molecular formula is C11H19N3O2. The second-order valence-electron chi connectivity index (χ2n) is 3.75. The maximum atomic E-state index is 11.2. The minimum absolute atomic E-state index is 0.206. The number of ether oxygens (including phenoxy) is 1. The zero-order chi connectivity index (χ0) is 12.0. The van der Waals surface area contributed by atoms with Crippen LogP contribution in [0.2, 0.25) is 0 Å². The van der Waals surface area contributed by atoms with Crippen molar-refractivity contribution in [3.8, 4) is 0 Å². The summed E-state index contributed by atoms with van der Waals surface area (Å²) in [6.45, 7) is 2.96. The first-order valence-corrected chi connectivity index (χ1v) is 5.60. The van der Waals surface area contributed by atoms with Gasteiger partial charge in [-0.3, -0.25) is 4.68 Å². The molecule has 16 heavy (non-hydrogen) atoms. The van der Waals surface area contributed by atoms with E-state index < -0.39 is 5.97 Å². The Labute approximate surface area is 95.6 Å². The SMILES string of the molecule is CCCCCCn1cc(N)c(C(=O)OC)n1. The molecule has 0 aliphatic rings. The Bertz CT molecular complexity index is 347. The third-order valence-corrected chi connectivity index (χ3v) is 2.41. The number of anilines is 1. The monoisotopic (exact) mass is 225 g/mol. The number of unbranched alkanes of at least 4 members (excludes halogenated alkanes) is 3. The van der Waals surface area contributed by atoms with Crippen LogP contribution in [-0.2, 0) is 11.3 Å². The summed E-state index contributed by atoms with van der Waals surface area (Å²) in [5.41, 5.74) is 6.25. The third-order valence-electron chi connectivity index (χ3n) is 2.41. The Morgan fingerprint density at radius 3 is 2.88 bits per heavy atom. The molecular weight excluding hydrogens is 206 g/mol. The number of aryl methyl sites for hydroxylation is 1. The van der Waals surface area contributed by atoms with Gasteiger partial charge in [0.2, 0.25) is 0 Å². The van der Waals surface area contributed by atoms with Crippen LogP contribution in [-0.4, -0.2) is 22.9 Å². The number of nitrogens with two attached hydrogens (primary N) is 1. The number of esters is 1. The van der Waals surface area contributed by atoms with Crippen molar-refractivity contribution in [1.82, 2.24) is 9.78 Å². The smallest absolute Gasteiger partial charge is 0.360 e. The summed E-state index contributed by atoms with van der Waals surface area (Å²) >= 11 is 0. The van der Waals surface area contributed by atoms with E-state index in [-0.39, 0.29) is 5.69 Å². The molecule has 90 valence electrons. The quantitative estimate of drug-likeness (QED) is 0.592. The molecule has 0 radical (unpaired) electrons. The number of nitrogens with zero attached hydrogens (tertiary/aromatic N) is 2. The Morgan fingerprint density at radius 1 is 1.50 bits per heavy atom. The normalized spacial score (nSPS) is 10.4. The highest BCUT2D eigenvalue weighted by Crippen LogP contribution is 2.11. The lowest BCUT2D eigenvalue weighted by molar-refractivity contribution is 0.0594. The van der Waals surface area contributed by atoms with Crippen LogP contribution in [0.5, 0.6) is 0 Å². The van der Waals surface area contributed by atoms with Crippen molar-refractivity contribution in [3.05, 3.63) is 11.9 Å². The van der Waals surface area contributed by atoms with Gasteiger partial charge in [0.25, 0.3) is 0 Å². The number of rotatable bonds is 6. The van der Waals surface area contributed by atoms with Crippen molar-refractivity contribution in [2.45, 2.75) is 39.2 Å². The van der Waals surface area contributed by atoms with Crippen LogP contribution in [0, 0.1) is 0 Å². The van der Waals surface area contributed by atoms with Crippen molar-refractivity contribution >= 4 is 11.7 Å². The lowest BCUT2D eigenvalue weighted by atomic mass is 10.2. The molecule has 1 aromatic heterocycles. The van der Waals surface area contributed by atoms with E-state index in [1.165, 1.54) is 26.4 Å². The van der Waals surface area contributed by atoms with Crippen molar-refractivity contribution < 1.29 is 9.53 Å². The van der Waals surface area contributed by atoms with Crippen LogP contribution in [0.25, 0.3) is 0 Å². The zero-order valence-electron chi connectivity index (χ0n) is 9.90. The van der Waals surface area contributed by atoms with E-state index in [0.717, 1.165) is 13.0 Å². The van der Waals surface area contributed by atoms with E-state index >= 15 is 0 Å². The number of carbonyl (C=O) groups is 1. The average molecular weight is 225 g/mol. The molecule has 1 aromatic rings. The summed E-state index contributed by atoms with van der Waals surface area (Å²) < 4.78 is 6.28. The third kappa shape index (κ3) is 3.25. The lowest BCUT2D eigenvalue weighted by Gasteiger charge is -2.00. The van der Waals surface area contributed by atoms with Crippen LogP contribution in [0.1, 0.15) is 43.1 Å². The summed E-state index contributed by atoms with van der Waals surface area (Å²) in [6, 6.07) is 0. The number of nitrogen functional groups attached to an aromatic ring is 1. The molecule has 0 aliphatic carbocycles. The van der Waals surface area contributed by atoms with E-state index in [4.69, 9.17) is 5.73 Å². The average Bonchev–Trinajstić information content (AvgIpc) is 2.65. The maximum absolute atomic E-state index is 11.2. The molecule has 2 N–H and O–H groups in total. The molecule has 0 aliphatic heterocycles. The van der Waals surface area contributed by atoms with Gasteiger partial charge >= 0.3 is 5.97 Å². The van der Waals surface area contributed by atoms with Gasteiger partial charge in [-0.25, -0.2) is 4.79 Å². The van der Waals surface area contributed by atoms with Gasteiger partial charge in [-0.15, -0.1) is 0 Å². The fraction of sp³-hybridized carbons (Fsp3) is 0.636. The molecule has 0 fully saturated rings. The fourth-order valence-corrected chi connectivity index (χ4v) is 1.51. The first-order chi connectivity index (χ1) is 7.69. The minimum atomic E-state index is -0.482. The number of carbonyl (C=O) groups excluding carboxylic acids is 1. The van der Waals surface area contributed by atoms with Gasteiger partial charge < -0.3 is 10.5 Å². The molecule has 1 heterocycles. The highest BCUT2D eigenvalue weighted by Gasteiger charge is 2.14. The van der Waals surface area contributed by atoms with Gasteiger partial charge in [0, 0.05) is 12.7 Å². The largest absolute Gasteiger partial charge is 0.464 e. The van der Waals surface area contributed by atoms with Crippen LogP contribution in [0.4, 0.5) is 5.69 Å². The van der Waals surface area contributed by atoms with E-state index in [2.05, 4.69) is 16.8 Å². The summed E-state index contributed by atoms with van der Waals surface area (Å²) in [7, 11) is 1.32. The number of methoxy groups -OCH3 is 1. The predicted octanol–water partition coefficient (Wildman–Crippen LogP) is 1.83. The zero-order valence-corrected chi connectivity index (χ0v) is 9.90. The maximum Gasteiger partial charge on any atom is 0.360 e. The van der Waals surface area contributed by atoms with Crippen LogP contribution >= 0.6 is 0 Å². The highest BCUT2D eigenvalue weighted by molar-refractivity contribution is 5.92. The summed E-state index contributed by atoms with van der Waals surface area (Å²) in [5.74, 6) is -0.482. The molecule has 0 saturated heterocycles. The van der Waals surface area contributed by atoms with Gasteiger partial charge in [0.05, 0.1) is 12.8 Å². The molecule has 0 atom stereocenters. The molecule has 1 rings (SSSR count). The molecule has 5 heteroatoms. The second-order valence-corrected chi connectivity index (χ2v) is 3.75. The highest BCUT2D eigenvalue weighted by atomic mass is 16.5. The van der Waals surface area contributed by atoms with Crippen molar-refractivity contribution in [2.24, 2.45) is 0 Å².